The summed E-state index contributed by atoms with van der Waals surface area (Å²) in [5.41, 5.74) is 1.36. The molecule has 1 saturated heterocycles. The van der Waals surface area contributed by atoms with Crippen LogP contribution in [-0.2, 0) is 33.3 Å². The molecule has 0 N–H and O–H groups in total. The van der Waals surface area contributed by atoms with E-state index in [1.807, 2.05) is 0 Å². The molecule has 7 heteroatoms. The first kappa shape index (κ1) is 40.7. The number of hydrogen-bond acceptors (Lipinski definition) is 7. The second-order valence-corrected chi connectivity index (χ2v) is 10.8. The zero-order valence-electron chi connectivity index (χ0n) is 27.0. The van der Waals surface area contributed by atoms with E-state index in [4.69, 9.17) is 14.2 Å². The predicted molar refractivity (Wildman–Crippen MR) is 168 cm³/mol. The maximum Gasteiger partial charge on any atom is 0.333 e. The molecule has 1 aliphatic rings. The zero-order valence-corrected chi connectivity index (χ0v) is 27.0. The van der Waals surface area contributed by atoms with Gasteiger partial charge in [-0.2, -0.15) is 0 Å². The van der Waals surface area contributed by atoms with E-state index in [1.165, 1.54) is 103 Å². The first-order valence-electron chi connectivity index (χ1n) is 15.6. The lowest BCUT2D eigenvalue weighted by Gasteiger charge is -2.05. The largest absolute Gasteiger partial charge is 0.466 e. The van der Waals surface area contributed by atoms with Crippen LogP contribution in [-0.4, -0.2) is 50.9 Å². The van der Waals surface area contributed by atoms with Crippen LogP contribution in [0.1, 0.15) is 130 Å². The molecule has 1 aliphatic heterocycles. The van der Waals surface area contributed by atoms with Gasteiger partial charge in [0.2, 0.25) is 0 Å². The van der Waals surface area contributed by atoms with E-state index in [0.29, 0.717) is 36.5 Å². The van der Waals surface area contributed by atoms with Crippen molar-refractivity contribution < 1.29 is 33.3 Å². The average molecular weight is 581 g/mol. The predicted octanol–water partition coefficient (Wildman–Crippen LogP) is 8.61. The Bertz CT molecular complexity index is 737. The van der Waals surface area contributed by atoms with Crippen molar-refractivity contribution in [2.45, 2.75) is 137 Å². The summed E-state index contributed by atoms with van der Waals surface area (Å²) in [7, 11) is 1.33. The molecule has 0 amide bonds. The normalized spacial score (nSPS) is 13.0. The molecule has 0 bridgehead atoms. The van der Waals surface area contributed by atoms with Gasteiger partial charge in [-0.05, 0) is 27.2 Å². The van der Waals surface area contributed by atoms with Crippen LogP contribution in [0.4, 0.5) is 0 Å². The Hall–Kier alpha value is -2.41. The number of rotatable bonds is 22. The van der Waals surface area contributed by atoms with Crippen LogP contribution in [0.3, 0.4) is 0 Å². The molecule has 0 radical (unpaired) electrons. The third kappa shape index (κ3) is 32.0. The Kier molecular flexibility index (Phi) is 28.9. The van der Waals surface area contributed by atoms with Gasteiger partial charge in [-0.3, -0.25) is 0 Å². The molecule has 238 valence electrons. The molecule has 7 nitrogen and oxygen atoms in total. The number of hydrogen-bond donors (Lipinski definition) is 0. The number of ether oxygens (including phenoxy) is 4. The van der Waals surface area contributed by atoms with E-state index in [1.54, 1.807) is 20.8 Å². The molecule has 41 heavy (non-hydrogen) atoms. The van der Waals surface area contributed by atoms with Crippen LogP contribution in [0.15, 0.2) is 36.5 Å². The van der Waals surface area contributed by atoms with Gasteiger partial charge in [0.15, 0.2) is 0 Å². The second-order valence-electron chi connectivity index (χ2n) is 10.8. The number of unbranched alkanes of at least 4 members (excludes halogenated alkanes) is 15. The fraction of sp³-hybridized carbons (Fsp3) is 0.735. The highest BCUT2D eigenvalue weighted by Gasteiger charge is 2.24. The first-order valence-corrected chi connectivity index (χ1v) is 15.6. The molecule has 0 aromatic rings. The molecule has 1 fully saturated rings. The van der Waals surface area contributed by atoms with Crippen LogP contribution in [0, 0.1) is 0 Å². The monoisotopic (exact) mass is 580 g/mol. The van der Waals surface area contributed by atoms with E-state index in [0.717, 1.165) is 6.42 Å². The minimum absolute atomic E-state index is 0.142. The number of epoxide rings is 1. The van der Waals surface area contributed by atoms with Gasteiger partial charge in [0.25, 0.3) is 0 Å². The molecule has 0 aromatic carbocycles. The van der Waals surface area contributed by atoms with Crippen molar-refractivity contribution in [2.75, 3.05) is 26.9 Å². The molecule has 0 saturated carbocycles. The Morgan fingerprint density at radius 1 is 0.610 bits per heavy atom. The topological polar surface area (TPSA) is 91.4 Å². The van der Waals surface area contributed by atoms with Gasteiger partial charge >= 0.3 is 17.9 Å². The smallest absolute Gasteiger partial charge is 0.333 e. The summed E-state index contributed by atoms with van der Waals surface area (Å²) in [6.45, 7) is 19.2. The van der Waals surface area contributed by atoms with Crippen molar-refractivity contribution in [3.05, 3.63) is 36.5 Å². The highest BCUT2D eigenvalue weighted by molar-refractivity contribution is 5.87. The molecule has 0 aromatic heterocycles. The fourth-order valence-electron chi connectivity index (χ4n) is 3.57. The molecule has 0 aliphatic carbocycles. The minimum atomic E-state index is -0.347. The SMILES string of the molecule is C=C(C)C(=O)OC.C=C(C)C(=O)OCC1CO1.C=C(C)C(=O)OCCCCCCCCCCCCCCCCCC. The van der Waals surface area contributed by atoms with Gasteiger partial charge in [0.1, 0.15) is 12.7 Å². The first-order chi connectivity index (χ1) is 19.6. The molecule has 1 unspecified atom stereocenters. The quantitative estimate of drug-likeness (QED) is 0.0416. The number of methoxy groups -OCH3 is 1. The van der Waals surface area contributed by atoms with Crippen molar-refractivity contribution in [1.82, 2.24) is 0 Å². The summed E-state index contributed by atoms with van der Waals surface area (Å²) in [5.74, 6) is -0.938. The number of carbonyl (C=O) groups excluding carboxylic acids is 3. The average Bonchev–Trinajstić information content (AvgIpc) is 3.78. The lowest BCUT2D eigenvalue weighted by atomic mass is 10.0. The zero-order chi connectivity index (χ0) is 31.3. The van der Waals surface area contributed by atoms with Crippen molar-refractivity contribution in [1.29, 1.82) is 0 Å². The minimum Gasteiger partial charge on any atom is -0.466 e. The number of esters is 3. The third-order valence-electron chi connectivity index (χ3n) is 6.26. The molecule has 0 spiro atoms. The molecule has 1 heterocycles. The van der Waals surface area contributed by atoms with Crippen molar-refractivity contribution >= 4 is 17.9 Å². The van der Waals surface area contributed by atoms with Gasteiger partial charge in [0, 0.05) is 16.7 Å². The van der Waals surface area contributed by atoms with Crippen LogP contribution >= 0.6 is 0 Å². The third-order valence-corrected chi connectivity index (χ3v) is 6.26. The van der Waals surface area contributed by atoms with Crippen molar-refractivity contribution in [3.8, 4) is 0 Å². The van der Waals surface area contributed by atoms with Crippen LogP contribution in [0.25, 0.3) is 0 Å². The van der Waals surface area contributed by atoms with Crippen molar-refractivity contribution in [3.63, 3.8) is 0 Å². The van der Waals surface area contributed by atoms with E-state index in [-0.39, 0.29) is 24.0 Å². The van der Waals surface area contributed by atoms with Gasteiger partial charge in [-0.25, -0.2) is 14.4 Å². The summed E-state index contributed by atoms with van der Waals surface area (Å²) in [6, 6.07) is 0. The fourth-order valence-corrected chi connectivity index (χ4v) is 3.57. The second kappa shape index (κ2) is 29.1. The standard InChI is InChI=1S/C22H42O2.C7H10O3.C5H8O2/c1-4-5-6-7-8-9-10-11-12-13-14-15-16-17-18-19-20-24-22(23)21(2)3;1-5(2)7(8)10-4-6-3-9-6;1-4(2)5(6)7-3/h2,4-20H2,1,3H3;6H,1,3-4H2,2H3;1H2,2-3H3. The van der Waals surface area contributed by atoms with E-state index in [2.05, 4.69) is 31.4 Å². The summed E-state index contributed by atoms with van der Waals surface area (Å²) >= 11 is 0. The Balaban J connectivity index is 0. The Morgan fingerprint density at radius 2 is 0.951 bits per heavy atom. The number of carbonyl (C=O) groups is 3. The lowest BCUT2D eigenvalue weighted by molar-refractivity contribution is -0.140. The molecular formula is C34H60O7. The highest BCUT2D eigenvalue weighted by Crippen LogP contribution is 2.14. The maximum absolute atomic E-state index is 11.2. The lowest BCUT2D eigenvalue weighted by Crippen LogP contribution is -2.09. The van der Waals surface area contributed by atoms with Crippen LogP contribution < -0.4 is 0 Å². The van der Waals surface area contributed by atoms with Crippen molar-refractivity contribution in [2.24, 2.45) is 0 Å². The van der Waals surface area contributed by atoms with E-state index in [9.17, 15) is 14.4 Å². The molecule has 1 atom stereocenters. The van der Waals surface area contributed by atoms with Gasteiger partial charge in [-0.1, -0.05) is 123 Å². The van der Waals surface area contributed by atoms with Crippen LogP contribution in [0.2, 0.25) is 0 Å². The van der Waals surface area contributed by atoms with Crippen LogP contribution in [0.5, 0.6) is 0 Å². The molecular weight excluding hydrogens is 520 g/mol. The van der Waals surface area contributed by atoms with Gasteiger partial charge in [0.05, 0.1) is 20.3 Å². The summed E-state index contributed by atoms with van der Waals surface area (Å²) in [6.07, 6.45) is 21.9. The highest BCUT2D eigenvalue weighted by atomic mass is 16.6. The van der Waals surface area contributed by atoms with Gasteiger partial charge < -0.3 is 18.9 Å². The summed E-state index contributed by atoms with van der Waals surface area (Å²) in [5, 5.41) is 0. The summed E-state index contributed by atoms with van der Waals surface area (Å²) in [4.78, 5) is 32.1. The van der Waals surface area contributed by atoms with Gasteiger partial charge in [-0.15, -0.1) is 0 Å². The molecule has 1 rings (SSSR count). The Labute approximate surface area is 251 Å². The Morgan fingerprint density at radius 3 is 1.24 bits per heavy atom. The summed E-state index contributed by atoms with van der Waals surface area (Å²) < 4.78 is 19.0. The van der Waals surface area contributed by atoms with E-state index < -0.39 is 0 Å². The van der Waals surface area contributed by atoms with E-state index >= 15 is 0 Å². The maximum atomic E-state index is 11.2.